The van der Waals surface area contributed by atoms with Crippen molar-refractivity contribution in [2.45, 2.75) is 6.54 Å². The summed E-state index contributed by atoms with van der Waals surface area (Å²) in [5.74, 6) is 0.580. The third-order valence-corrected chi connectivity index (χ3v) is 2.33. The number of nitrogens with one attached hydrogen (secondary N) is 1. The van der Waals surface area contributed by atoms with Crippen molar-refractivity contribution in [3.63, 3.8) is 0 Å². The first-order valence-corrected chi connectivity index (χ1v) is 5.39. The Labute approximate surface area is 104 Å². The van der Waals surface area contributed by atoms with Crippen LogP contribution in [0.1, 0.15) is 0 Å². The summed E-state index contributed by atoms with van der Waals surface area (Å²) in [6.45, 7) is 0.128. The second-order valence-corrected chi connectivity index (χ2v) is 3.75. The zero-order chi connectivity index (χ0) is 13.0. The van der Waals surface area contributed by atoms with E-state index in [2.05, 4.69) is 10.4 Å². The molecule has 1 amide bonds. The molecule has 1 aromatic carbocycles. The topological polar surface area (TPSA) is 82.2 Å². The van der Waals surface area contributed by atoms with E-state index in [-0.39, 0.29) is 12.5 Å². The Balaban J connectivity index is 1.94. The predicted octanol–water partition coefficient (Wildman–Crippen LogP) is 1.11. The second-order valence-electron chi connectivity index (χ2n) is 3.75. The summed E-state index contributed by atoms with van der Waals surface area (Å²) >= 11 is 0. The van der Waals surface area contributed by atoms with Crippen molar-refractivity contribution in [2.24, 2.45) is 0 Å². The average molecular weight is 246 g/mol. The lowest BCUT2D eigenvalue weighted by molar-refractivity contribution is -0.116. The molecule has 94 valence electrons. The number of amides is 1. The van der Waals surface area contributed by atoms with Crippen LogP contribution in [0.3, 0.4) is 0 Å². The fourth-order valence-electron chi connectivity index (χ4n) is 1.49. The van der Waals surface area contributed by atoms with Crippen LogP contribution in [0, 0.1) is 0 Å². The van der Waals surface area contributed by atoms with Crippen LogP contribution < -0.4 is 15.8 Å². The van der Waals surface area contributed by atoms with E-state index in [4.69, 9.17) is 10.5 Å². The molecule has 1 aromatic heterocycles. The number of ether oxygens (including phenoxy) is 1. The number of aromatic nitrogens is 2. The largest absolute Gasteiger partial charge is 0.497 e. The van der Waals surface area contributed by atoms with E-state index in [1.807, 2.05) is 0 Å². The number of nitrogen functional groups attached to an aromatic ring is 1. The highest BCUT2D eigenvalue weighted by molar-refractivity contribution is 5.90. The Bertz CT molecular complexity index is 533. The van der Waals surface area contributed by atoms with E-state index in [9.17, 15) is 4.79 Å². The van der Waals surface area contributed by atoms with E-state index in [1.54, 1.807) is 37.6 Å². The minimum Gasteiger partial charge on any atom is -0.497 e. The van der Waals surface area contributed by atoms with Gasteiger partial charge in [0.15, 0.2) is 0 Å². The van der Waals surface area contributed by atoms with Crippen LogP contribution in [0.15, 0.2) is 36.7 Å². The maximum absolute atomic E-state index is 11.7. The molecule has 1 heterocycles. The van der Waals surface area contributed by atoms with Crippen molar-refractivity contribution in [1.29, 1.82) is 0 Å². The molecule has 0 aliphatic rings. The maximum Gasteiger partial charge on any atom is 0.246 e. The van der Waals surface area contributed by atoms with E-state index >= 15 is 0 Å². The number of anilines is 2. The van der Waals surface area contributed by atoms with Crippen molar-refractivity contribution < 1.29 is 9.53 Å². The van der Waals surface area contributed by atoms with Gasteiger partial charge in [0, 0.05) is 11.9 Å². The number of hydrogen-bond acceptors (Lipinski definition) is 4. The summed E-state index contributed by atoms with van der Waals surface area (Å²) < 4.78 is 6.51. The second kappa shape index (κ2) is 5.22. The van der Waals surface area contributed by atoms with Crippen molar-refractivity contribution in [2.75, 3.05) is 18.2 Å². The SMILES string of the molecule is COc1ccc(NC(=O)Cn2cc(N)cn2)cc1. The van der Waals surface area contributed by atoms with Gasteiger partial charge < -0.3 is 15.8 Å². The lowest BCUT2D eigenvalue weighted by atomic mass is 10.3. The quantitative estimate of drug-likeness (QED) is 0.846. The van der Waals surface area contributed by atoms with E-state index in [0.717, 1.165) is 5.75 Å². The van der Waals surface area contributed by atoms with Crippen molar-refractivity contribution in [3.05, 3.63) is 36.7 Å². The molecule has 0 aliphatic heterocycles. The summed E-state index contributed by atoms with van der Waals surface area (Å²) in [7, 11) is 1.59. The number of hydrogen-bond donors (Lipinski definition) is 2. The monoisotopic (exact) mass is 246 g/mol. The maximum atomic E-state index is 11.7. The number of benzene rings is 1. The van der Waals surface area contributed by atoms with Crippen LogP contribution in [-0.4, -0.2) is 22.8 Å². The number of carbonyl (C=O) groups excluding carboxylic acids is 1. The number of carbonyl (C=O) groups is 1. The van der Waals surface area contributed by atoms with Crippen molar-refractivity contribution >= 4 is 17.3 Å². The first-order chi connectivity index (χ1) is 8.67. The van der Waals surface area contributed by atoms with Gasteiger partial charge in [-0.15, -0.1) is 0 Å². The lowest BCUT2D eigenvalue weighted by Gasteiger charge is -2.06. The molecule has 0 spiro atoms. The van der Waals surface area contributed by atoms with Gasteiger partial charge in [-0.05, 0) is 24.3 Å². The molecular formula is C12H14N4O2. The third kappa shape index (κ3) is 3.00. The van der Waals surface area contributed by atoms with Gasteiger partial charge in [-0.25, -0.2) is 0 Å². The molecule has 0 unspecified atom stereocenters. The molecule has 0 fully saturated rings. The van der Waals surface area contributed by atoms with Crippen LogP contribution in [0.2, 0.25) is 0 Å². The molecule has 0 saturated heterocycles. The van der Waals surface area contributed by atoms with Crippen LogP contribution >= 0.6 is 0 Å². The summed E-state index contributed by atoms with van der Waals surface area (Å²) in [5, 5.41) is 6.69. The van der Waals surface area contributed by atoms with E-state index in [0.29, 0.717) is 11.4 Å². The first kappa shape index (κ1) is 12.0. The van der Waals surface area contributed by atoms with Gasteiger partial charge in [0.25, 0.3) is 0 Å². The average Bonchev–Trinajstić information content (AvgIpc) is 2.75. The number of nitrogens with zero attached hydrogens (tertiary/aromatic N) is 2. The molecule has 0 saturated carbocycles. The Morgan fingerprint density at radius 1 is 1.44 bits per heavy atom. The molecule has 2 aromatic rings. The Morgan fingerprint density at radius 3 is 2.72 bits per heavy atom. The van der Waals surface area contributed by atoms with Crippen molar-refractivity contribution in [1.82, 2.24) is 9.78 Å². The molecule has 0 aliphatic carbocycles. The minimum absolute atomic E-state index is 0.128. The number of methoxy groups -OCH3 is 1. The van der Waals surface area contributed by atoms with E-state index < -0.39 is 0 Å². The fraction of sp³-hybridized carbons (Fsp3) is 0.167. The lowest BCUT2D eigenvalue weighted by Crippen LogP contribution is -2.18. The molecule has 0 radical (unpaired) electrons. The Morgan fingerprint density at radius 2 is 2.17 bits per heavy atom. The minimum atomic E-state index is -0.164. The van der Waals surface area contributed by atoms with Gasteiger partial charge >= 0.3 is 0 Å². The fourth-order valence-corrected chi connectivity index (χ4v) is 1.49. The van der Waals surface area contributed by atoms with E-state index in [1.165, 1.54) is 10.9 Å². The highest BCUT2D eigenvalue weighted by Gasteiger charge is 2.04. The standard InChI is InChI=1S/C12H14N4O2/c1-18-11-4-2-10(3-5-11)15-12(17)8-16-7-9(13)6-14-16/h2-7H,8,13H2,1H3,(H,15,17). The van der Waals surface area contributed by atoms with Crippen LogP contribution in [0.4, 0.5) is 11.4 Å². The van der Waals surface area contributed by atoms with Crippen LogP contribution in [0.5, 0.6) is 5.75 Å². The van der Waals surface area contributed by atoms with Gasteiger partial charge in [-0.1, -0.05) is 0 Å². The molecule has 6 nitrogen and oxygen atoms in total. The van der Waals surface area contributed by atoms with Gasteiger partial charge in [-0.3, -0.25) is 9.48 Å². The summed E-state index contributed by atoms with van der Waals surface area (Å²) in [4.78, 5) is 11.7. The molecular weight excluding hydrogens is 232 g/mol. The summed E-state index contributed by atoms with van der Waals surface area (Å²) in [5.41, 5.74) is 6.75. The molecule has 0 bridgehead atoms. The summed E-state index contributed by atoms with van der Waals surface area (Å²) in [6.07, 6.45) is 3.11. The Hall–Kier alpha value is -2.50. The van der Waals surface area contributed by atoms with Crippen LogP contribution in [0.25, 0.3) is 0 Å². The van der Waals surface area contributed by atoms with Gasteiger partial charge in [0.2, 0.25) is 5.91 Å². The molecule has 2 rings (SSSR count). The van der Waals surface area contributed by atoms with Crippen LogP contribution in [-0.2, 0) is 11.3 Å². The highest BCUT2D eigenvalue weighted by atomic mass is 16.5. The number of nitrogens with two attached hydrogens (primary N) is 1. The molecule has 6 heteroatoms. The summed E-state index contributed by atoms with van der Waals surface area (Å²) in [6, 6.07) is 7.10. The predicted molar refractivity (Wildman–Crippen MR) is 68.3 cm³/mol. The van der Waals surface area contributed by atoms with Gasteiger partial charge in [-0.2, -0.15) is 5.10 Å². The molecule has 3 N–H and O–H groups in total. The zero-order valence-corrected chi connectivity index (χ0v) is 9.96. The highest BCUT2D eigenvalue weighted by Crippen LogP contribution is 2.14. The van der Waals surface area contributed by atoms with Gasteiger partial charge in [0.1, 0.15) is 12.3 Å². The zero-order valence-electron chi connectivity index (χ0n) is 9.96. The first-order valence-electron chi connectivity index (χ1n) is 5.39. The smallest absolute Gasteiger partial charge is 0.246 e. The van der Waals surface area contributed by atoms with Crippen molar-refractivity contribution in [3.8, 4) is 5.75 Å². The third-order valence-electron chi connectivity index (χ3n) is 2.33. The van der Waals surface area contributed by atoms with Gasteiger partial charge in [0.05, 0.1) is 19.0 Å². The Kier molecular flexibility index (Phi) is 3.47. The normalized spacial score (nSPS) is 10.1. The molecule has 0 atom stereocenters. The molecule has 18 heavy (non-hydrogen) atoms. The number of rotatable bonds is 4.